The number of nitrogens with two attached hydrogens (primary N) is 1. The van der Waals surface area contributed by atoms with Crippen molar-refractivity contribution in [2.24, 2.45) is 4.99 Å². The Balaban J connectivity index is 2.51. The van der Waals surface area contributed by atoms with Gasteiger partial charge in [-0.25, -0.2) is 4.98 Å². The Morgan fingerprint density at radius 3 is 3.36 bits per heavy atom. The summed E-state index contributed by atoms with van der Waals surface area (Å²) < 4.78 is 0. The summed E-state index contributed by atoms with van der Waals surface area (Å²) in [6.45, 7) is 0. The smallest absolute Gasteiger partial charge is 0.180 e. The largest absolute Gasteiger partial charge is 0.375 e. The molecule has 1 aliphatic rings. The van der Waals surface area contributed by atoms with E-state index in [4.69, 9.17) is 5.73 Å². The Kier molecular flexibility index (Phi) is 1.47. The van der Waals surface area contributed by atoms with Crippen LogP contribution in [0.15, 0.2) is 11.2 Å². The summed E-state index contributed by atoms with van der Waals surface area (Å²) in [6, 6.07) is 0. The van der Waals surface area contributed by atoms with Gasteiger partial charge in [0.15, 0.2) is 5.13 Å². The standard InChI is InChI=1S/C7H7N3S/c8-7-10-5-1-3-9-4-2-6(5)11-7/h1,3-4H,2H2,(H2,8,10). The third-order valence-corrected chi connectivity index (χ3v) is 2.37. The molecule has 4 heteroatoms. The van der Waals surface area contributed by atoms with Crippen LogP contribution in [0.3, 0.4) is 0 Å². The third-order valence-electron chi connectivity index (χ3n) is 1.44. The highest BCUT2D eigenvalue weighted by Crippen LogP contribution is 2.22. The van der Waals surface area contributed by atoms with Crippen LogP contribution in [0.25, 0.3) is 6.08 Å². The van der Waals surface area contributed by atoms with Gasteiger partial charge in [0, 0.05) is 23.7 Å². The highest BCUT2D eigenvalue weighted by molar-refractivity contribution is 7.15. The Bertz CT molecular complexity index is 324. The topological polar surface area (TPSA) is 51.3 Å². The fourth-order valence-electron chi connectivity index (χ4n) is 0.969. The number of aliphatic imine (C=N–C) groups is 1. The number of nitrogen functional groups attached to an aromatic ring is 1. The number of aromatic nitrogens is 1. The van der Waals surface area contributed by atoms with E-state index in [-0.39, 0.29) is 0 Å². The highest BCUT2D eigenvalue weighted by atomic mass is 32.1. The van der Waals surface area contributed by atoms with E-state index < -0.39 is 0 Å². The summed E-state index contributed by atoms with van der Waals surface area (Å²) in [6.07, 6.45) is 6.33. The number of fused-ring (bicyclic) bond motifs is 1. The van der Waals surface area contributed by atoms with E-state index in [2.05, 4.69) is 9.98 Å². The molecule has 11 heavy (non-hydrogen) atoms. The van der Waals surface area contributed by atoms with Crippen LogP contribution in [-0.4, -0.2) is 11.2 Å². The van der Waals surface area contributed by atoms with Gasteiger partial charge in [-0.2, -0.15) is 0 Å². The molecule has 0 aliphatic carbocycles. The molecular weight excluding hydrogens is 158 g/mol. The van der Waals surface area contributed by atoms with Crippen LogP contribution in [0.5, 0.6) is 0 Å². The first-order valence-corrected chi connectivity index (χ1v) is 4.11. The molecule has 0 atom stereocenters. The van der Waals surface area contributed by atoms with Crippen molar-refractivity contribution in [3.8, 4) is 0 Å². The van der Waals surface area contributed by atoms with E-state index >= 15 is 0 Å². The summed E-state index contributed by atoms with van der Waals surface area (Å²) in [5.74, 6) is 0. The second kappa shape index (κ2) is 2.47. The van der Waals surface area contributed by atoms with Gasteiger partial charge in [0.05, 0.1) is 5.69 Å². The SMILES string of the molecule is Nc1nc2c(s1)CC=NC=C2. The molecule has 2 rings (SSSR count). The molecule has 0 radical (unpaired) electrons. The zero-order valence-electron chi connectivity index (χ0n) is 5.82. The minimum absolute atomic E-state index is 0.634. The zero-order chi connectivity index (χ0) is 7.68. The van der Waals surface area contributed by atoms with E-state index in [1.54, 1.807) is 6.20 Å². The molecule has 0 fully saturated rings. The Morgan fingerprint density at radius 1 is 1.55 bits per heavy atom. The second-order valence-electron chi connectivity index (χ2n) is 2.21. The predicted molar refractivity (Wildman–Crippen MR) is 47.8 cm³/mol. The molecule has 0 unspecified atom stereocenters. The molecule has 0 spiro atoms. The normalized spacial score (nSPS) is 14.5. The van der Waals surface area contributed by atoms with Crippen molar-refractivity contribution >= 4 is 28.8 Å². The van der Waals surface area contributed by atoms with E-state index in [0.29, 0.717) is 5.13 Å². The first-order valence-electron chi connectivity index (χ1n) is 3.29. The Morgan fingerprint density at radius 2 is 2.45 bits per heavy atom. The van der Waals surface area contributed by atoms with Crippen LogP contribution in [0.2, 0.25) is 0 Å². The molecule has 0 saturated carbocycles. The summed E-state index contributed by atoms with van der Waals surface area (Å²) in [7, 11) is 0. The van der Waals surface area contributed by atoms with Crippen molar-refractivity contribution in [3.05, 3.63) is 16.8 Å². The average Bonchev–Trinajstić information content (AvgIpc) is 2.17. The number of thiazole rings is 1. The fraction of sp³-hybridized carbons (Fsp3) is 0.143. The summed E-state index contributed by atoms with van der Waals surface area (Å²) in [4.78, 5) is 9.34. The van der Waals surface area contributed by atoms with Crippen LogP contribution in [0.1, 0.15) is 10.6 Å². The third kappa shape index (κ3) is 1.17. The minimum atomic E-state index is 0.634. The van der Waals surface area contributed by atoms with Crippen molar-refractivity contribution < 1.29 is 0 Å². The number of rotatable bonds is 0. The number of hydrogen-bond acceptors (Lipinski definition) is 4. The average molecular weight is 165 g/mol. The van der Waals surface area contributed by atoms with Crippen molar-refractivity contribution in [1.82, 2.24) is 4.98 Å². The van der Waals surface area contributed by atoms with Gasteiger partial charge in [-0.1, -0.05) is 0 Å². The van der Waals surface area contributed by atoms with E-state index in [1.807, 2.05) is 12.3 Å². The molecule has 0 saturated heterocycles. The maximum atomic E-state index is 5.54. The monoisotopic (exact) mass is 165 g/mol. The molecule has 0 aromatic carbocycles. The van der Waals surface area contributed by atoms with Crippen molar-refractivity contribution in [2.75, 3.05) is 5.73 Å². The van der Waals surface area contributed by atoms with Crippen molar-refractivity contribution in [2.45, 2.75) is 6.42 Å². The maximum Gasteiger partial charge on any atom is 0.180 e. The molecular formula is C7H7N3S. The Hall–Kier alpha value is -1.16. The lowest BCUT2D eigenvalue weighted by Gasteiger charge is -1.85. The first-order chi connectivity index (χ1) is 5.36. The summed E-state index contributed by atoms with van der Waals surface area (Å²) in [5, 5.41) is 0.634. The van der Waals surface area contributed by atoms with Gasteiger partial charge in [-0.3, -0.25) is 4.99 Å². The van der Waals surface area contributed by atoms with Crippen LogP contribution in [0.4, 0.5) is 5.13 Å². The number of anilines is 1. The number of hydrogen-bond donors (Lipinski definition) is 1. The Labute approximate surface area is 68.3 Å². The van der Waals surface area contributed by atoms with Crippen LogP contribution >= 0.6 is 11.3 Å². The van der Waals surface area contributed by atoms with Crippen molar-refractivity contribution in [3.63, 3.8) is 0 Å². The zero-order valence-corrected chi connectivity index (χ0v) is 6.64. The van der Waals surface area contributed by atoms with Crippen LogP contribution in [0, 0.1) is 0 Å². The molecule has 0 bridgehead atoms. The molecule has 56 valence electrons. The maximum absolute atomic E-state index is 5.54. The van der Waals surface area contributed by atoms with Gasteiger partial charge in [0.25, 0.3) is 0 Å². The molecule has 1 aromatic rings. The van der Waals surface area contributed by atoms with E-state index in [1.165, 1.54) is 16.2 Å². The van der Waals surface area contributed by atoms with E-state index in [9.17, 15) is 0 Å². The predicted octanol–water partition coefficient (Wildman–Crippen LogP) is 1.32. The van der Waals surface area contributed by atoms with Gasteiger partial charge in [-0.05, 0) is 6.08 Å². The first kappa shape index (κ1) is 6.54. The fourth-order valence-corrected chi connectivity index (χ4v) is 1.74. The molecule has 0 amide bonds. The lowest BCUT2D eigenvalue weighted by molar-refractivity contribution is 1.32. The highest BCUT2D eigenvalue weighted by Gasteiger charge is 2.06. The van der Waals surface area contributed by atoms with Crippen LogP contribution < -0.4 is 5.73 Å². The quantitative estimate of drug-likeness (QED) is 0.630. The lowest BCUT2D eigenvalue weighted by Crippen LogP contribution is -1.82. The second-order valence-corrected chi connectivity index (χ2v) is 3.33. The molecule has 1 aliphatic heterocycles. The van der Waals surface area contributed by atoms with Crippen LogP contribution in [-0.2, 0) is 6.42 Å². The molecule has 2 heterocycles. The number of nitrogens with zero attached hydrogens (tertiary/aromatic N) is 2. The van der Waals surface area contributed by atoms with E-state index in [0.717, 1.165) is 12.1 Å². The lowest BCUT2D eigenvalue weighted by atomic mass is 10.3. The molecule has 1 aromatic heterocycles. The summed E-state index contributed by atoms with van der Waals surface area (Å²) >= 11 is 1.53. The van der Waals surface area contributed by atoms with Crippen molar-refractivity contribution in [1.29, 1.82) is 0 Å². The van der Waals surface area contributed by atoms with Gasteiger partial charge in [0.2, 0.25) is 0 Å². The van der Waals surface area contributed by atoms with Gasteiger partial charge >= 0.3 is 0 Å². The molecule has 3 nitrogen and oxygen atoms in total. The minimum Gasteiger partial charge on any atom is -0.375 e. The molecule has 2 N–H and O–H groups in total. The van der Waals surface area contributed by atoms with Gasteiger partial charge in [-0.15, -0.1) is 11.3 Å². The van der Waals surface area contributed by atoms with Gasteiger partial charge in [0.1, 0.15) is 0 Å². The summed E-state index contributed by atoms with van der Waals surface area (Å²) in [5.41, 5.74) is 6.50. The van der Waals surface area contributed by atoms with Gasteiger partial charge < -0.3 is 5.73 Å².